The summed E-state index contributed by atoms with van der Waals surface area (Å²) in [5.41, 5.74) is -0.793. The van der Waals surface area contributed by atoms with E-state index in [2.05, 4.69) is 55.8 Å². The molecule has 0 unspecified atom stereocenters. The van der Waals surface area contributed by atoms with E-state index in [0.717, 1.165) is 12.8 Å². The molecule has 0 amide bonds. The maximum Gasteiger partial charge on any atom is 0.0997 e. The van der Waals surface area contributed by atoms with E-state index in [-0.39, 0.29) is 27.5 Å². The van der Waals surface area contributed by atoms with Crippen molar-refractivity contribution in [2.45, 2.75) is 62.7 Å². The molecule has 0 aromatic rings. The number of hydrogen-bond donors (Lipinski definition) is 1. The summed E-state index contributed by atoms with van der Waals surface area (Å²) in [6.07, 6.45) is 6.26. The van der Waals surface area contributed by atoms with Crippen molar-refractivity contribution in [3.63, 3.8) is 0 Å². The first-order valence-corrected chi connectivity index (χ1v) is 7.91. The lowest BCUT2D eigenvalue weighted by molar-refractivity contribution is -0.227. The molecule has 2 aliphatic heterocycles. The van der Waals surface area contributed by atoms with E-state index in [0.29, 0.717) is 11.8 Å². The number of hydrogen-bond acceptors (Lipinski definition) is 2. The predicted octanol–water partition coefficient (Wildman–Crippen LogP) is 3.28. The molecule has 2 heterocycles. The molecule has 2 bridgehead atoms. The Morgan fingerprint density at radius 2 is 2.00 bits per heavy atom. The van der Waals surface area contributed by atoms with E-state index < -0.39 is 0 Å². The van der Waals surface area contributed by atoms with Gasteiger partial charge in [0, 0.05) is 5.41 Å². The SMILES string of the molecule is CC(C)[C@H]1CC[C@]2(C)[C@H](O)[C@H](Br)[C@]3(C)C=C[C@]12O3. The standard InChI is InChI=1S/C15H23BrO2/c1-9(2)10-5-6-13(3)12(17)11(16)14(4)7-8-15(10,13)18-14/h7-12,17H,5-6H2,1-4H3/t10-,11+,12-,13-,14+,15+/m1/s1. The minimum atomic E-state index is -0.365. The summed E-state index contributed by atoms with van der Waals surface area (Å²) < 4.78 is 6.54. The van der Waals surface area contributed by atoms with Gasteiger partial charge in [-0.1, -0.05) is 48.9 Å². The van der Waals surface area contributed by atoms with Crippen molar-refractivity contribution in [1.82, 2.24) is 0 Å². The zero-order valence-electron chi connectivity index (χ0n) is 11.6. The van der Waals surface area contributed by atoms with Crippen LogP contribution in [0.3, 0.4) is 0 Å². The van der Waals surface area contributed by atoms with E-state index >= 15 is 0 Å². The van der Waals surface area contributed by atoms with Crippen LogP contribution >= 0.6 is 15.9 Å². The van der Waals surface area contributed by atoms with Crippen molar-refractivity contribution in [3.8, 4) is 0 Å². The maximum atomic E-state index is 10.8. The number of aliphatic hydroxyl groups excluding tert-OH is 1. The van der Waals surface area contributed by atoms with Crippen LogP contribution in [0.1, 0.15) is 40.5 Å². The van der Waals surface area contributed by atoms with Gasteiger partial charge in [0.25, 0.3) is 0 Å². The van der Waals surface area contributed by atoms with Crippen LogP contribution in [0.2, 0.25) is 0 Å². The average molecular weight is 315 g/mol. The van der Waals surface area contributed by atoms with Gasteiger partial charge in [-0.3, -0.25) is 0 Å². The van der Waals surface area contributed by atoms with Crippen LogP contribution in [0, 0.1) is 17.3 Å². The minimum absolute atomic E-state index is 0.0206. The molecule has 1 saturated heterocycles. The zero-order valence-corrected chi connectivity index (χ0v) is 13.2. The van der Waals surface area contributed by atoms with E-state index in [1.165, 1.54) is 0 Å². The third-order valence-corrected chi connectivity index (χ3v) is 7.16. The van der Waals surface area contributed by atoms with Crippen molar-refractivity contribution in [2.75, 3.05) is 0 Å². The van der Waals surface area contributed by atoms with Crippen LogP contribution in [0.5, 0.6) is 0 Å². The molecule has 1 spiro atoms. The molecule has 0 aromatic carbocycles. The number of halogens is 1. The summed E-state index contributed by atoms with van der Waals surface area (Å²) in [5.74, 6) is 1.09. The third-order valence-electron chi connectivity index (χ3n) is 5.75. The molecule has 102 valence electrons. The third kappa shape index (κ3) is 1.26. The van der Waals surface area contributed by atoms with E-state index in [4.69, 9.17) is 4.74 Å². The molecule has 0 radical (unpaired) electrons. The van der Waals surface area contributed by atoms with Gasteiger partial charge in [-0.2, -0.15) is 0 Å². The highest BCUT2D eigenvalue weighted by atomic mass is 79.9. The molecule has 1 N–H and O–H groups in total. The van der Waals surface area contributed by atoms with Gasteiger partial charge in [0.1, 0.15) is 0 Å². The summed E-state index contributed by atoms with van der Waals surface area (Å²) in [6, 6.07) is 0. The molecule has 18 heavy (non-hydrogen) atoms. The van der Waals surface area contributed by atoms with Gasteiger partial charge in [-0.05, 0) is 31.6 Å². The quantitative estimate of drug-likeness (QED) is 0.594. The number of fused-ring (bicyclic) bond motifs is 1. The first-order valence-electron chi connectivity index (χ1n) is 6.99. The van der Waals surface area contributed by atoms with Crippen LogP contribution < -0.4 is 0 Å². The van der Waals surface area contributed by atoms with Crippen molar-refractivity contribution >= 4 is 15.9 Å². The largest absolute Gasteiger partial charge is 0.391 e. The molecule has 1 saturated carbocycles. The predicted molar refractivity (Wildman–Crippen MR) is 75.8 cm³/mol. The Bertz CT molecular complexity index is 407. The second kappa shape index (κ2) is 3.62. The normalized spacial score (nSPS) is 58.3. The Morgan fingerprint density at radius 1 is 1.33 bits per heavy atom. The monoisotopic (exact) mass is 314 g/mol. The van der Waals surface area contributed by atoms with Crippen LogP contribution in [0.25, 0.3) is 0 Å². The van der Waals surface area contributed by atoms with Gasteiger partial charge in [-0.25, -0.2) is 0 Å². The fourth-order valence-corrected chi connectivity index (χ4v) is 5.34. The molecule has 3 heteroatoms. The summed E-state index contributed by atoms with van der Waals surface area (Å²) in [6.45, 7) is 8.81. The van der Waals surface area contributed by atoms with Crippen molar-refractivity contribution in [2.24, 2.45) is 17.3 Å². The smallest absolute Gasteiger partial charge is 0.0997 e. The van der Waals surface area contributed by atoms with E-state index in [1.54, 1.807) is 0 Å². The lowest BCUT2D eigenvalue weighted by Crippen LogP contribution is -2.65. The summed E-state index contributed by atoms with van der Waals surface area (Å²) in [4.78, 5) is -0.0206. The summed E-state index contributed by atoms with van der Waals surface area (Å²) >= 11 is 3.66. The van der Waals surface area contributed by atoms with Crippen LogP contribution in [0.4, 0.5) is 0 Å². The summed E-state index contributed by atoms with van der Waals surface area (Å²) in [7, 11) is 0. The highest BCUT2D eigenvalue weighted by Gasteiger charge is 2.70. The van der Waals surface area contributed by atoms with Gasteiger partial charge >= 0.3 is 0 Å². The van der Waals surface area contributed by atoms with Crippen LogP contribution in [0.15, 0.2) is 12.2 Å². The molecule has 1 aliphatic carbocycles. The molecular weight excluding hydrogens is 292 g/mol. The van der Waals surface area contributed by atoms with Gasteiger partial charge in [0.05, 0.1) is 22.1 Å². The molecular formula is C15H23BrO2. The van der Waals surface area contributed by atoms with Crippen molar-refractivity contribution < 1.29 is 9.84 Å². The minimum Gasteiger partial charge on any atom is -0.391 e. The van der Waals surface area contributed by atoms with Gasteiger partial charge in [-0.15, -0.1) is 0 Å². The van der Waals surface area contributed by atoms with E-state index in [9.17, 15) is 5.11 Å². The number of ether oxygens (including phenoxy) is 1. The molecule has 2 fully saturated rings. The van der Waals surface area contributed by atoms with Crippen LogP contribution in [-0.2, 0) is 4.74 Å². The van der Waals surface area contributed by atoms with E-state index in [1.807, 2.05) is 0 Å². The molecule has 2 nitrogen and oxygen atoms in total. The van der Waals surface area contributed by atoms with Gasteiger partial charge < -0.3 is 9.84 Å². The van der Waals surface area contributed by atoms with Crippen molar-refractivity contribution in [3.05, 3.63) is 12.2 Å². The number of rotatable bonds is 1. The van der Waals surface area contributed by atoms with Gasteiger partial charge in [0.15, 0.2) is 0 Å². The summed E-state index contributed by atoms with van der Waals surface area (Å²) in [5, 5.41) is 10.8. The fourth-order valence-electron chi connectivity index (χ4n) is 4.51. The molecule has 3 rings (SSSR count). The highest BCUT2D eigenvalue weighted by Crippen LogP contribution is 2.65. The molecule has 6 atom stereocenters. The fraction of sp³-hybridized carbons (Fsp3) is 0.867. The Morgan fingerprint density at radius 3 is 2.61 bits per heavy atom. The maximum absolute atomic E-state index is 10.8. The van der Waals surface area contributed by atoms with Crippen LogP contribution in [-0.4, -0.2) is 27.2 Å². The highest BCUT2D eigenvalue weighted by molar-refractivity contribution is 9.09. The molecule has 0 aromatic heterocycles. The second-order valence-electron chi connectivity index (χ2n) is 7.07. The Labute approximate surface area is 118 Å². The average Bonchev–Trinajstić information content (AvgIpc) is 2.78. The van der Waals surface area contributed by atoms with Crippen molar-refractivity contribution in [1.29, 1.82) is 0 Å². The lowest BCUT2D eigenvalue weighted by Gasteiger charge is -2.55. The molecule has 3 aliphatic rings. The first-order chi connectivity index (χ1) is 8.27. The first kappa shape index (κ1) is 13.1. The second-order valence-corrected chi connectivity index (χ2v) is 8.05. The Kier molecular flexibility index (Phi) is 2.64. The lowest BCUT2D eigenvalue weighted by atomic mass is 9.65. The number of aliphatic hydroxyl groups is 1. The topological polar surface area (TPSA) is 29.5 Å². The Hall–Kier alpha value is 0.140. The Balaban J connectivity index is 2.12. The number of alkyl halides is 1. The zero-order chi connectivity index (χ0) is 13.3. The van der Waals surface area contributed by atoms with Gasteiger partial charge in [0.2, 0.25) is 0 Å².